The van der Waals surface area contributed by atoms with E-state index in [1.54, 1.807) is 19.1 Å². The van der Waals surface area contributed by atoms with E-state index in [9.17, 15) is 14.7 Å². The Hall–Kier alpha value is -2.66. The molecule has 1 heterocycles. The average Bonchev–Trinajstić information content (AvgIpc) is 2.47. The number of rotatable bonds is 2. The minimum absolute atomic E-state index is 0.0301. The van der Waals surface area contributed by atoms with Crippen molar-refractivity contribution in [3.63, 3.8) is 0 Å². The summed E-state index contributed by atoms with van der Waals surface area (Å²) < 4.78 is 5.76. The number of fused-ring (bicyclic) bond motifs is 2. The molecule has 112 valence electrons. The average molecular weight is 298 g/mol. The first-order valence-corrected chi connectivity index (χ1v) is 6.81. The van der Waals surface area contributed by atoms with E-state index in [0.29, 0.717) is 22.1 Å². The molecule has 0 aliphatic carbocycles. The van der Waals surface area contributed by atoms with Gasteiger partial charge in [0.1, 0.15) is 11.2 Å². The summed E-state index contributed by atoms with van der Waals surface area (Å²) >= 11 is 0. The first kappa shape index (κ1) is 14.3. The quantitative estimate of drug-likeness (QED) is 0.710. The van der Waals surface area contributed by atoms with Crippen molar-refractivity contribution in [2.75, 3.05) is 0 Å². The van der Waals surface area contributed by atoms with Gasteiger partial charge in [0.25, 0.3) is 0 Å². The Labute approximate surface area is 125 Å². The highest BCUT2D eigenvalue weighted by Crippen LogP contribution is 2.27. The highest BCUT2D eigenvalue weighted by molar-refractivity contribution is 5.96. The lowest BCUT2D eigenvalue weighted by molar-refractivity contribution is 0.0697. The molecule has 0 saturated carbocycles. The van der Waals surface area contributed by atoms with E-state index in [0.717, 1.165) is 5.56 Å². The van der Waals surface area contributed by atoms with Crippen LogP contribution in [0.5, 0.6) is 0 Å². The maximum absolute atomic E-state index is 12.7. The van der Waals surface area contributed by atoms with Crippen LogP contribution in [0.4, 0.5) is 0 Å². The smallest absolute Gasteiger partial charge is 0.335 e. The van der Waals surface area contributed by atoms with E-state index in [1.807, 2.05) is 6.92 Å². The van der Waals surface area contributed by atoms with Crippen LogP contribution in [0.1, 0.15) is 34.5 Å². The van der Waals surface area contributed by atoms with E-state index in [-0.39, 0.29) is 16.4 Å². The third-order valence-electron chi connectivity index (χ3n) is 3.64. The predicted octanol–water partition coefficient (Wildman–Crippen LogP) is 3.01. The Kier molecular flexibility index (Phi) is 3.22. The zero-order chi connectivity index (χ0) is 16.0. The number of hydrogen-bond acceptors (Lipinski definition) is 4. The number of carbonyl (C=O) groups is 1. The van der Waals surface area contributed by atoms with Crippen LogP contribution < -0.4 is 5.43 Å². The normalized spacial score (nSPS) is 12.7. The summed E-state index contributed by atoms with van der Waals surface area (Å²) in [6.45, 7) is 3.43. The van der Waals surface area contributed by atoms with E-state index in [1.165, 1.54) is 18.2 Å². The summed E-state index contributed by atoms with van der Waals surface area (Å²) in [6.07, 6.45) is -0.777. The monoisotopic (exact) mass is 298 g/mol. The number of aryl methyl sites for hydroxylation is 1. The van der Waals surface area contributed by atoms with Crippen LogP contribution >= 0.6 is 0 Å². The van der Waals surface area contributed by atoms with Crippen LogP contribution in [-0.2, 0) is 0 Å². The van der Waals surface area contributed by atoms with Gasteiger partial charge >= 0.3 is 5.97 Å². The molecule has 1 unspecified atom stereocenters. The van der Waals surface area contributed by atoms with Crippen molar-refractivity contribution in [2.24, 2.45) is 0 Å². The fraction of sp³-hybridized carbons (Fsp3) is 0.176. The molecule has 5 heteroatoms. The second-order valence-corrected chi connectivity index (χ2v) is 5.35. The molecule has 0 aliphatic rings. The number of carboxylic acid groups (broad SMARTS) is 1. The number of benzene rings is 2. The van der Waals surface area contributed by atoms with Gasteiger partial charge < -0.3 is 14.6 Å². The molecule has 3 aromatic rings. The molecule has 22 heavy (non-hydrogen) atoms. The Balaban J connectivity index is 2.49. The summed E-state index contributed by atoms with van der Waals surface area (Å²) in [6, 6.07) is 7.61. The fourth-order valence-corrected chi connectivity index (χ4v) is 2.58. The molecule has 1 aromatic heterocycles. The lowest BCUT2D eigenvalue weighted by Crippen LogP contribution is -2.07. The fourth-order valence-electron chi connectivity index (χ4n) is 2.58. The van der Waals surface area contributed by atoms with E-state index in [4.69, 9.17) is 9.52 Å². The van der Waals surface area contributed by atoms with Crippen molar-refractivity contribution in [3.05, 3.63) is 57.2 Å². The van der Waals surface area contributed by atoms with Gasteiger partial charge in [-0.1, -0.05) is 0 Å². The van der Waals surface area contributed by atoms with Gasteiger partial charge in [0.15, 0.2) is 0 Å². The van der Waals surface area contributed by atoms with Gasteiger partial charge in [-0.05, 0) is 49.7 Å². The van der Waals surface area contributed by atoms with Gasteiger partial charge in [-0.15, -0.1) is 0 Å². The minimum Gasteiger partial charge on any atom is -0.478 e. The lowest BCUT2D eigenvalue weighted by Gasteiger charge is -2.10. The van der Waals surface area contributed by atoms with Gasteiger partial charge in [0, 0.05) is 5.56 Å². The highest BCUT2D eigenvalue weighted by atomic mass is 16.4. The molecular weight excluding hydrogens is 284 g/mol. The standard InChI is InChI=1S/C17H14O5/c1-8-5-11(9(2)18)16-13(6-8)15(19)12-7-10(17(20)21)3-4-14(12)22-16/h3-7,9,18H,1-2H3,(H,20,21). The summed E-state index contributed by atoms with van der Waals surface area (Å²) in [4.78, 5) is 23.7. The molecule has 0 bridgehead atoms. The summed E-state index contributed by atoms with van der Waals surface area (Å²) in [5.74, 6) is -1.10. The molecule has 5 nitrogen and oxygen atoms in total. The van der Waals surface area contributed by atoms with Gasteiger partial charge in [-0.3, -0.25) is 4.79 Å². The molecule has 0 aliphatic heterocycles. The van der Waals surface area contributed by atoms with Crippen molar-refractivity contribution in [3.8, 4) is 0 Å². The number of aromatic carboxylic acids is 1. The highest BCUT2D eigenvalue weighted by Gasteiger charge is 2.16. The van der Waals surface area contributed by atoms with Crippen LogP contribution in [0, 0.1) is 6.92 Å². The molecule has 2 N–H and O–H groups in total. The largest absolute Gasteiger partial charge is 0.478 e. The van der Waals surface area contributed by atoms with Crippen LogP contribution in [0.2, 0.25) is 0 Å². The second kappa shape index (κ2) is 4.96. The van der Waals surface area contributed by atoms with Crippen molar-refractivity contribution in [1.82, 2.24) is 0 Å². The molecule has 2 aromatic carbocycles. The molecule has 0 saturated heterocycles. The first-order valence-electron chi connectivity index (χ1n) is 6.81. The summed E-state index contributed by atoms with van der Waals surface area (Å²) in [5.41, 5.74) is 1.72. The Morgan fingerprint density at radius 3 is 2.55 bits per heavy atom. The SMILES string of the molecule is Cc1cc(C(C)O)c2oc3ccc(C(=O)O)cc3c(=O)c2c1. The second-order valence-electron chi connectivity index (χ2n) is 5.35. The Bertz CT molecular complexity index is 966. The van der Waals surface area contributed by atoms with Crippen LogP contribution in [0.25, 0.3) is 21.9 Å². The number of aliphatic hydroxyl groups is 1. The van der Waals surface area contributed by atoms with Crippen molar-refractivity contribution >= 4 is 27.9 Å². The van der Waals surface area contributed by atoms with Crippen LogP contribution in [-0.4, -0.2) is 16.2 Å². The van der Waals surface area contributed by atoms with E-state index < -0.39 is 12.1 Å². The molecule has 0 fully saturated rings. The van der Waals surface area contributed by atoms with Crippen molar-refractivity contribution in [1.29, 1.82) is 0 Å². The van der Waals surface area contributed by atoms with Crippen LogP contribution in [0.3, 0.4) is 0 Å². The van der Waals surface area contributed by atoms with E-state index in [2.05, 4.69) is 0 Å². The molecule has 0 spiro atoms. The van der Waals surface area contributed by atoms with E-state index >= 15 is 0 Å². The van der Waals surface area contributed by atoms with Gasteiger partial charge in [0.2, 0.25) is 5.43 Å². The number of aliphatic hydroxyl groups excluding tert-OH is 1. The molecule has 1 atom stereocenters. The third-order valence-corrected chi connectivity index (χ3v) is 3.64. The van der Waals surface area contributed by atoms with Gasteiger partial charge in [-0.2, -0.15) is 0 Å². The van der Waals surface area contributed by atoms with Gasteiger partial charge in [-0.25, -0.2) is 4.79 Å². The zero-order valence-corrected chi connectivity index (χ0v) is 12.1. The molecular formula is C17H14O5. The molecule has 3 rings (SSSR count). The van der Waals surface area contributed by atoms with Crippen LogP contribution in [0.15, 0.2) is 39.5 Å². The topological polar surface area (TPSA) is 87.7 Å². The Morgan fingerprint density at radius 2 is 1.91 bits per heavy atom. The molecule has 0 amide bonds. The minimum atomic E-state index is -1.10. The maximum atomic E-state index is 12.7. The summed E-state index contributed by atoms with van der Waals surface area (Å²) in [7, 11) is 0. The predicted molar refractivity (Wildman–Crippen MR) is 82.3 cm³/mol. The maximum Gasteiger partial charge on any atom is 0.335 e. The summed E-state index contributed by atoms with van der Waals surface area (Å²) in [5, 5.41) is 19.5. The lowest BCUT2D eigenvalue weighted by atomic mass is 10.0. The molecule has 0 radical (unpaired) electrons. The first-order chi connectivity index (χ1) is 10.4. The number of hydrogen-bond donors (Lipinski definition) is 2. The zero-order valence-electron chi connectivity index (χ0n) is 12.1. The van der Waals surface area contributed by atoms with Crippen molar-refractivity contribution in [2.45, 2.75) is 20.0 Å². The van der Waals surface area contributed by atoms with Crippen molar-refractivity contribution < 1.29 is 19.4 Å². The third kappa shape index (κ3) is 2.16. The Morgan fingerprint density at radius 1 is 1.18 bits per heavy atom. The number of carboxylic acids is 1. The van der Waals surface area contributed by atoms with Gasteiger partial charge in [0.05, 0.1) is 22.4 Å².